The average Bonchev–Trinajstić information content (AvgIpc) is 2.84. The summed E-state index contributed by atoms with van der Waals surface area (Å²) in [6, 6.07) is 6.67. The predicted molar refractivity (Wildman–Crippen MR) is 87.7 cm³/mol. The first-order valence-electron chi connectivity index (χ1n) is 8.44. The number of carbonyl (C=O) groups excluding carboxylic acids is 1. The molecular formula is C19H26FNO2. The fourth-order valence-electron chi connectivity index (χ4n) is 4.38. The van der Waals surface area contributed by atoms with Gasteiger partial charge in [0.2, 0.25) is 5.91 Å². The second-order valence-corrected chi connectivity index (χ2v) is 7.82. The highest BCUT2D eigenvalue weighted by molar-refractivity contribution is 5.93. The molecule has 1 aromatic carbocycles. The van der Waals surface area contributed by atoms with E-state index in [-0.39, 0.29) is 22.7 Å². The third-order valence-corrected chi connectivity index (χ3v) is 5.82. The van der Waals surface area contributed by atoms with Crippen LogP contribution in [0.2, 0.25) is 0 Å². The lowest BCUT2D eigenvalue weighted by Crippen LogP contribution is -2.53. The van der Waals surface area contributed by atoms with Crippen molar-refractivity contribution in [3.05, 3.63) is 35.6 Å². The molecule has 1 amide bonds. The van der Waals surface area contributed by atoms with Gasteiger partial charge in [-0.15, -0.1) is 0 Å². The normalized spacial score (nSPS) is 27.7. The molecule has 0 bridgehead atoms. The van der Waals surface area contributed by atoms with Crippen LogP contribution in [0.25, 0.3) is 0 Å². The van der Waals surface area contributed by atoms with Gasteiger partial charge in [0, 0.05) is 12.7 Å². The van der Waals surface area contributed by atoms with Crippen LogP contribution in [-0.4, -0.2) is 25.2 Å². The van der Waals surface area contributed by atoms with Gasteiger partial charge in [-0.2, -0.15) is 0 Å². The van der Waals surface area contributed by atoms with Crippen LogP contribution < -0.4 is 5.32 Å². The number of rotatable bonds is 5. The monoisotopic (exact) mass is 319 g/mol. The third-order valence-electron chi connectivity index (χ3n) is 5.82. The van der Waals surface area contributed by atoms with Crippen molar-refractivity contribution in [2.45, 2.75) is 56.9 Å². The Kier molecular flexibility index (Phi) is 3.99. The van der Waals surface area contributed by atoms with Crippen molar-refractivity contribution in [2.24, 2.45) is 5.41 Å². The summed E-state index contributed by atoms with van der Waals surface area (Å²) < 4.78 is 19.7. The maximum absolute atomic E-state index is 14.4. The first-order valence-corrected chi connectivity index (χ1v) is 8.44. The zero-order valence-electron chi connectivity index (χ0n) is 14.2. The number of nitrogens with one attached hydrogen (secondary N) is 1. The van der Waals surface area contributed by atoms with E-state index in [0.717, 1.165) is 25.7 Å². The average molecular weight is 319 g/mol. The molecule has 2 aliphatic rings. The molecule has 4 heteroatoms. The first-order chi connectivity index (χ1) is 10.9. The summed E-state index contributed by atoms with van der Waals surface area (Å²) in [5.74, 6) is -0.341. The number of ether oxygens (including phenoxy) is 1. The van der Waals surface area contributed by atoms with Crippen LogP contribution in [0.15, 0.2) is 24.3 Å². The fourth-order valence-corrected chi connectivity index (χ4v) is 4.38. The molecule has 1 atom stereocenters. The van der Waals surface area contributed by atoms with Gasteiger partial charge in [0.25, 0.3) is 0 Å². The minimum Gasteiger partial charge on any atom is -0.382 e. The second-order valence-electron chi connectivity index (χ2n) is 7.82. The highest BCUT2D eigenvalue weighted by Crippen LogP contribution is 2.65. The van der Waals surface area contributed by atoms with Gasteiger partial charge in [0.1, 0.15) is 5.82 Å². The van der Waals surface area contributed by atoms with Crippen LogP contribution >= 0.6 is 0 Å². The number of benzene rings is 1. The number of hydrogen-bond donors (Lipinski definition) is 1. The molecule has 3 nitrogen and oxygen atoms in total. The van der Waals surface area contributed by atoms with E-state index in [0.29, 0.717) is 18.6 Å². The largest absolute Gasteiger partial charge is 0.382 e. The van der Waals surface area contributed by atoms with E-state index < -0.39 is 5.41 Å². The van der Waals surface area contributed by atoms with Gasteiger partial charge in [-0.25, -0.2) is 4.39 Å². The zero-order valence-corrected chi connectivity index (χ0v) is 14.2. The van der Waals surface area contributed by atoms with Crippen LogP contribution in [0.1, 0.15) is 51.5 Å². The van der Waals surface area contributed by atoms with Crippen molar-refractivity contribution in [1.82, 2.24) is 5.32 Å². The number of carbonyl (C=O) groups is 1. The Labute approximate surface area is 137 Å². The zero-order chi connectivity index (χ0) is 16.7. The van der Waals surface area contributed by atoms with Crippen LogP contribution in [0.5, 0.6) is 0 Å². The van der Waals surface area contributed by atoms with E-state index in [1.165, 1.54) is 6.07 Å². The molecule has 1 unspecified atom stereocenters. The van der Waals surface area contributed by atoms with E-state index >= 15 is 0 Å². The molecule has 2 saturated carbocycles. The second kappa shape index (κ2) is 5.59. The van der Waals surface area contributed by atoms with Crippen LogP contribution in [0.3, 0.4) is 0 Å². The minimum atomic E-state index is -0.762. The molecule has 1 aromatic rings. The van der Waals surface area contributed by atoms with Crippen molar-refractivity contribution in [3.63, 3.8) is 0 Å². The van der Waals surface area contributed by atoms with Crippen LogP contribution in [0, 0.1) is 11.2 Å². The maximum Gasteiger partial charge on any atom is 0.231 e. The van der Waals surface area contributed by atoms with E-state index in [1.54, 1.807) is 19.2 Å². The summed E-state index contributed by atoms with van der Waals surface area (Å²) in [7, 11) is 1.67. The lowest BCUT2D eigenvalue weighted by atomic mass is 9.85. The van der Waals surface area contributed by atoms with E-state index in [9.17, 15) is 9.18 Å². The summed E-state index contributed by atoms with van der Waals surface area (Å²) >= 11 is 0. The van der Waals surface area contributed by atoms with Gasteiger partial charge in [-0.3, -0.25) is 4.79 Å². The maximum atomic E-state index is 14.4. The van der Waals surface area contributed by atoms with Gasteiger partial charge >= 0.3 is 0 Å². The summed E-state index contributed by atoms with van der Waals surface area (Å²) in [5, 5.41) is 3.25. The third kappa shape index (κ3) is 2.57. The Balaban J connectivity index is 1.91. The van der Waals surface area contributed by atoms with Gasteiger partial charge in [0.05, 0.1) is 17.6 Å². The molecule has 0 radical (unpaired) electrons. The Morgan fingerprint density at radius 3 is 2.39 bits per heavy atom. The Morgan fingerprint density at radius 1 is 1.26 bits per heavy atom. The first kappa shape index (κ1) is 16.4. The lowest BCUT2D eigenvalue weighted by molar-refractivity contribution is -0.127. The summed E-state index contributed by atoms with van der Waals surface area (Å²) in [6.07, 6.45) is 4.73. The Morgan fingerprint density at radius 2 is 1.87 bits per heavy atom. The van der Waals surface area contributed by atoms with Crippen molar-refractivity contribution in [1.29, 1.82) is 0 Å². The predicted octanol–water partition coefficient (Wildman–Crippen LogP) is 3.57. The highest BCUT2D eigenvalue weighted by Gasteiger charge is 2.68. The fraction of sp³-hybridized carbons (Fsp3) is 0.632. The van der Waals surface area contributed by atoms with Gasteiger partial charge in [-0.05, 0) is 30.7 Å². The molecule has 23 heavy (non-hydrogen) atoms. The number of hydrogen-bond acceptors (Lipinski definition) is 2. The molecule has 0 heterocycles. The quantitative estimate of drug-likeness (QED) is 0.901. The van der Waals surface area contributed by atoms with Gasteiger partial charge < -0.3 is 10.1 Å². The van der Waals surface area contributed by atoms with E-state index in [4.69, 9.17) is 4.74 Å². The van der Waals surface area contributed by atoms with Gasteiger partial charge in [-0.1, -0.05) is 44.9 Å². The summed E-state index contributed by atoms with van der Waals surface area (Å²) in [4.78, 5) is 13.2. The molecule has 0 spiro atoms. The van der Waals surface area contributed by atoms with E-state index in [1.807, 2.05) is 19.9 Å². The molecule has 1 N–H and O–H groups in total. The number of halogens is 1. The molecule has 0 aromatic heterocycles. The van der Waals surface area contributed by atoms with Crippen molar-refractivity contribution in [2.75, 3.05) is 13.7 Å². The molecule has 126 valence electrons. The lowest BCUT2D eigenvalue weighted by Gasteiger charge is -2.33. The molecular weight excluding hydrogens is 293 g/mol. The molecule has 2 fully saturated rings. The number of amides is 1. The van der Waals surface area contributed by atoms with Gasteiger partial charge in [0.15, 0.2) is 0 Å². The van der Waals surface area contributed by atoms with Crippen LogP contribution in [-0.2, 0) is 14.9 Å². The molecule has 0 saturated heterocycles. The topological polar surface area (TPSA) is 38.3 Å². The van der Waals surface area contributed by atoms with Crippen molar-refractivity contribution >= 4 is 5.91 Å². The standard InChI is InChI=1S/C19H26FNO2/c1-17(2)12-19(17,14-8-4-5-9-15(14)20)16(22)21-18(13-23-3)10-6-7-11-18/h4-5,8-9H,6-7,10-13H2,1-3H3,(H,21,22). The minimum absolute atomic E-state index is 0.0495. The number of methoxy groups -OCH3 is 1. The Hall–Kier alpha value is -1.42. The smallest absolute Gasteiger partial charge is 0.231 e. The van der Waals surface area contributed by atoms with E-state index in [2.05, 4.69) is 5.32 Å². The molecule has 0 aliphatic heterocycles. The van der Waals surface area contributed by atoms with Crippen molar-refractivity contribution < 1.29 is 13.9 Å². The SMILES string of the molecule is COCC1(NC(=O)C2(c3ccccc3F)CC2(C)C)CCCC1. The van der Waals surface area contributed by atoms with Crippen LogP contribution in [0.4, 0.5) is 4.39 Å². The van der Waals surface area contributed by atoms with Crippen molar-refractivity contribution in [3.8, 4) is 0 Å². The Bertz CT molecular complexity index is 607. The highest BCUT2D eigenvalue weighted by atomic mass is 19.1. The molecule has 2 aliphatic carbocycles. The summed E-state index contributed by atoms with van der Waals surface area (Å²) in [6.45, 7) is 4.60. The summed E-state index contributed by atoms with van der Waals surface area (Å²) in [5.41, 5.74) is -0.760. The molecule has 3 rings (SSSR count).